The lowest BCUT2D eigenvalue weighted by molar-refractivity contribution is -0.142. The molecule has 0 aliphatic carbocycles. The summed E-state index contributed by atoms with van der Waals surface area (Å²) in [5.74, 6) is -0.323. The highest BCUT2D eigenvalue weighted by Gasteiger charge is 2.22. The summed E-state index contributed by atoms with van der Waals surface area (Å²) in [5.41, 5.74) is 0.477. The summed E-state index contributed by atoms with van der Waals surface area (Å²) in [7, 11) is 1.59. The van der Waals surface area contributed by atoms with E-state index in [0.717, 1.165) is 0 Å². The van der Waals surface area contributed by atoms with Gasteiger partial charge in [0.25, 0.3) is 5.56 Å². The zero-order valence-corrected chi connectivity index (χ0v) is 15.1. The molecule has 6 nitrogen and oxygen atoms in total. The van der Waals surface area contributed by atoms with E-state index in [-0.39, 0.29) is 17.6 Å². The first-order valence-electron chi connectivity index (χ1n) is 7.83. The van der Waals surface area contributed by atoms with Crippen LogP contribution in [0.1, 0.15) is 26.8 Å². The molecule has 1 heterocycles. The van der Waals surface area contributed by atoms with Gasteiger partial charge in [-0.1, -0.05) is 23.9 Å². The van der Waals surface area contributed by atoms with E-state index in [2.05, 4.69) is 4.98 Å². The number of rotatable bonds is 7. The van der Waals surface area contributed by atoms with Crippen molar-refractivity contribution in [1.29, 1.82) is 0 Å². The van der Waals surface area contributed by atoms with Gasteiger partial charge in [0.05, 0.1) is 30.2 Å². The molecule has 0 aliphatic heterocycles. The fourth-order valence-electron chi connectivity index (χ4n) is 2.38. The summed E-state index contributed by atoms with van der Waals surface area (Å²) in [6, 6.07) is 6.99. The van der Waals surface area contributed by atoms with Crippen LogP contribution in [0.4, 0.5) is 0 Å². The maximum atomic E-state index is 12.9. The van der Waals surface area contributed by atoms with Crippen molar-refractivity contribution in [3.05, 3.63) is 34.6 Å². The van der Waals surface area contributed by atoms with E-state index in [0.29, 0.717) is 29.3 Å². The maximum absolute atomic E-state index is 12.9. The molecule has 0 spiro atoms. The third kappa shape index (κ3) is 3.96. The van der Waals surface area contributed by atoms with Crippen molar-refractivity contribution >= 4 is 28.6 Å². The van der Waals surface area contributed by atoms with E-state index in [4.69, 9.17) is 9.47 Å². The van der Waals surface area contributed by atoms with Crippen LogP contribution in [-0.4, -0.2) is 41.1 Å². The molecule has 24 heavy (non-hydrogen) atoms. The van der Waals surface area contributed by atoms with Crippen molar-refractivity contribution in [3.63, 3.8) is 0 Å². The van der Waals surface area contributed by atoms with Gasteiger partial charge in [0.2, 0.25) is 0 Å². The van der Waals surface area contributed by atoms with Crippen molar-refractivity contribution in [2.45, 2.75) is 37.2 Å². The minimum atomic E-state index is -0.459. The van der Waals surface area contributed by atoms with Crippen molar-refractivity contribution in [3.8, 4) is 0 Å². The first-order chi connectivity index (χ1) is 11.5. The Morgan fingerprint density at radius 3 is 2.71 bits per heavy atom. The highest BCUT2D eigenvalue weighted by Crippen LogP contribution is 2.25. The predicted molar refractivity (Wildman–Crippen MR) is 94.5 cm³/mol. The summed E-state index contributed by atoms with van der Waals surface area (Å²) in [6.07, 6.45) is 0. The fourth-order valence-corrected chi connectivity index (χ4v) is 3.39. The van der Waals surface area contributed by atoms with Crippen molar-refractivity contribution in [1.82, 2.24) is 9.55 Å². The van der Waals surface area contributed by atoms with Gasteiger partial charge < -0.3 is 9.47 Å². The number of ether oxygens (including phenoxy) is 2. The van der Waals surface area contributed by atoms with Crippen LogP contribution in [0.3, 0.4) is 0 Å². The SMILES string of the molecule is CCOC(=O)C(C)Sc1nc2ccccc2c(=O)n1C(C)COC. The van der Waals surface area contributed by atoms with Gasteiger partial charge in [-0.25, -0.2) is 4.98 Å². The molecule has 2 unspecified atom stereocenters. The van der Waals surface area contributed by atoms with Gasteiger partial charge in [0, 0.05) is 7.11 Å². The lowest BCUT2D eigenvalue weighted by Gasteiger charge is -2.20. The molecule has 0 aliphatic rings. The first-order valence-corrected chi connectivity index (χ1v) is 8.71. The van der Waals surface area contributed by atoms with Crippen LogP contribution in [0.15, 0.2) is 34.2 Å². The van der Waals surface area contributed by atoms with E-state index in [1.165, 1.54) is 11.8 Å². The second-order valence-corrected chi connectivity index (χ2v) is 6.71. The van der Waals surface area contributed by atoms with E-state index in [1.807, 2.05) is 19.1 Å². The van der Waals surface area contributed by atoms with Gasteiger partial charge in [-0.05, 0) is 32.9 Å². The number of thioether (sulfide) groups is 1. The zero-order chi connectivity index (χ0) is 17.7. The van der Waals surface area contributed by atoms with Gasteiger partial charge in [0.1, 0.15) is 5.25 Å². The summed E-state index contributed by atoms with van der Waals surface area (Å²) in [5, 5.41) is 0.580. The van der Waals surface area contributed by atoms with Crippen LogP contribution in [0.25, 0.3) is 10.9 Å². The summed E-state index contributed by atoms with van der Waals surface area (Å²) < 4.78 is 11.8. The van der Waals surface area contributed by atoms with Crippen LogP contribution in [0.2, 0.25) is 0 Å². The molecule has 0 saturated carbocycles. The number of fused-ring (bicyclic) bond motifs is 1. The highest BCUT2D eigenvalue weighted by atomic mass is 32.2. The molecule has 2 aromatic rings. The smallest absolute Gasteiger partial charge is 0.319 e. The zero-order valence-electron chi connectivity index (χ0n) is 14.3. The lowest BCUT2D eigenvalue weighted by Crippen LogP contribution is -2.29. The molecule has 2 rings (SSSR count). The second-order valence-electron chi connectivity index (χ2n) is 5.40. The van der Waals surface area contributed by atoms with Gasteiger partial charge in [-0.3, -0.25) is 14.2 Å². The minimum Gasteiger partial charge on any atom is -0.465 e. The number of benzene rings is 1. The Morgan fingerprint density at radius 1 is 1.33 bits per heavy atom. The average Bonchev–Trinajstić information content (AvgIpc) is 2.55. The molecule has 2 atom stereocenters. The topological polar surface area (TPSA) is 70.4 Å². The van der Waals surface area contributed by atoms with Gasteiger partial charge >= 0.3 is 5.97 Å². The Bertz CT molecular complexity index is 775. The largest absolute Gasteiger partial charge is 0.465 e. The van der Waals surface area contributed by atoms with Gasteiger partial charge in [-0.15, -0.1) is 0 Å². The number of esters is 1. The predicted octanol–water partition coefficient (Wildman–Crippen LogP) is 2.65. The molecule has 1 aromatic heterocycles. The standard InChI is InChI=1S/C17H22N2O4S/c1-5-23-16(21)12(3)24-17-18-14-9-7-6-8-13(14)15(20)19(17)11(2)10-22-4/h6-9,11-12H,5,10H2,1-4H3. The number of methoxy groups -OCH3 is 1. The lowest BCUT2D eigenvalue weighted by atomic mass is 10.2. The number of aromatic nitrogens is 2. The third-order valence-electron chi connectivity index (χ3n) is 3.52. The Balaban J connectivity index is 2.51. The van der Waals surface area contributed by atoms with Crippen molar-refractivity contribution in [2.75, 3.05) is 20.3 Å². The number of carbonyl (C=O) groups excluding carboxylic acids is 1. The Morgan fingerprint density at radius 2 is 2.04 bits per heavy atom. The summed E-state index contributed by atoms with van der Waals surface area (Å²) in [4.78, 5) is 29.4. The summed E-state index contributed by atoms with van der Waals surface area (Å²) >= 11 is 1.22. The maximum Gasteiger partial charge on any atom is 0.319 e. The van der Waals surface area contributed by atoms with Crippen molar-refractivity contribution < 1.29 is 14.3 Å². The van der Waals surface area contributed by atoms with E-state index in [9.17, 15) is 9.59 Å². The third-order valence-corrected chi connectivity index (χ3v) is 4.57. The number of para-hydroxylation sites is 1. The molecule has 0 radical (unpaired) electrons. The van der Waals surface area contributed by atoms with Crippen molar-refractivity contribution in [2.24, 2.45) is 0 Å². The average molecular weight is 350 g/mol. The number of hydrogen-bond acceptors (Lipinski definition) is 6. The van der Waals surface area contributed by atoms with Crippen LogP contribution in [0.5, 0.6) is 0 Å². The number of hydrogen-bond donors (Lipinski definition) is 0. The van der Waals surface area contributed by atoms with Gasteiger partial charge in [0.15, 0.2) is 5.16 Å². The molecule has 0 bridgehead atoms. The minimum absolute atomic E-state index is 0.135. The Labute approximate surface area is 145 Å². The normalized spacial score (nSPS) is 13.7. The number of nitrogens with zero attached hydrogens (tertiary/aromatic N) is 2. The molecule has 130 valence electrons. The van der Waals surface area contributed by atoms with Crippen LogP contribution in [-0.2, 0) is 14.3 Å². The molecule has 1 aromatic carbocycles. The quantitative estimate of drug-likeness (QED) is 0.434. The summed E-state index contributed by atoms with van der Waals surface area (Å²) in [6.45, 7) is 6.10. The Kier molecular flexibility index (Phi) is 6.39. The molecule has 0 fully saturated rings. The Hall–Kier alpha value is -1.86. The molecular formula is C17H22N2O4S. The van der Waals surface area contributed by atoms with E-state index in [1.54, 1.807) is 37.7 Å². The highest BCUT2D eigenvalue weighted by molar-refractivity contribution is 8.00. The van der Waals surface area contributed by atoms with Gasteiger partial charge in [-0.2, -0.15) is 0 Å². The number of carbonyl (C=O) groups is 1. The second kappa shape index (κ2) is 8.30. The molecule has 7 heteroatoms. The first kappa shape index (κ1) is 18.5. The monoisotopic (exact) mass is 350 g/mol. The van der Waals surface area contributed by atoms with E-state index >= 15 is 0 Å². The molecule has 0 amide bonds. The van der Waals surface area contributed by atoms with Crippen LogP contribution < -0.4 is 5.56 Å². The van der Waals surface area contributed by atoms with E-state index < -0.39 is 5.25 Å². The molecular weight excluding hydrogens is 328 g/mol. The fraction of sp³-hybridized carbons (Fsp3) is 0.471. The molecule has 0 saturated heterocycles. The molecule has 0 N–H and O–H groups in total. The van der Waals surface area contributed by atoms with Crippen LogP contribution in [0, 0.1) is 0 Å². The van der Waals surface area contributed by atoms with Crippen LogP contribution >= 0.6 is 11.8 Å².